The van der Waals surface area contributed by atoms with Gasteiger partial charge in [0.25, 0.3) is 0 Å². The fraction of sp³-hybridized carbons (Fsp3) is 0.467. The molecular formula is C15H21N3O. The van der Waals surface area contributed by atoms with Crippen molar-refractivity contribution in [3.63, 3.8) is 0 Å². The molecule has 1 fully saturated rings. The number of anilines is 1. The summed E-state index contributed by atoms with van der Waals surface area (Å²) in [4.78, 5) is 2.30. The van der Waals surface area contributed by atoms with Crippen LogP contribution < -0.4 is 10.6 Å². The third kappa shape index (κ3) is 2.01. The molecule has 0 aliphatic carbocycles. The first-order chi connectivity index (χ1) is 9.15. The number of rotatable bonds is 4. The Balaban J connectivity index is 1.91. The first kappa shape index (κ1) is 12.5. The molecule has 1 aliphatic heterocycles. The highest BCUT2D eigenvalue weighted by molar-refractivity contribution is 5.93. The minimum Gasteiger partial charge on any atom is -0.380 e. The molecule has 2 heterocycles. The molecule has 0 spiro atoms. The summed E-state index contributed by atoms with van der Waals surface area (Å²) in [7, 11) is 4.22. The van der Waals surface area contributed by atoms with E-state index in [1.54, 1.807) is 0 Å². The number of ether oxygens (including phenoxy) is 1. The largest absolute Gasteiger partial charge is 0.380 e. The van der Waals surface area contributed by atoms with Crippen LogP contribution in [-0.2, 0) is 11.8 Å². The number of hydrogen-bond donors (Lipinski definition) is 1. The predicted octanol–water partition coefficient (Wildman–Crippen LogP) is 1.59. The average Bonchev–Trinajstić information content (AvgIpc) is 2.72. The van der Waals surface area contributed by atoms with Gasteiger partial charge in [-0.25, -0.2) is 0 Å². The molecule has 1 aliphatic rings. The minimum absolute atomic E-state index is 0.131. The van der Waals surface area contributed by atoms with Gasteiger partial charge in [0, 0.05) is 49.7 Å². The topological polar surface area (TPSA) is 43.4 Å². The van der Waals surface area contributed by atoms with Crippen LogP contribution in [0.5, 0.6) is 0 Å². The molecule has 2 N–H and O–H groups in total. The Bertz CT molecular complexity index is 581. The first-order valence-electron chi connectivity index (χ1n) is 6.68. The van der Waals surface area contributed by atoms with Crippen molar-refractivity contribution in [2.24, 2.45) is 18.2 Å². The van der Waals surface area contributed by atoms with E-state index in [-0.39, 0.29) is 5.41 Å². The van der Waals surface area contributed by atoms with E-state index in [0.29, 0.717) is 6.54 Å². The van der Waals surface area contributed by atoms with E-state index in [1.165, 1.54) is 16.6 Å². The molecule has 0 unspecified atom stereocenters. The monoisotopic (exact) mass is 259 g/mol. The minimum atomic E-state index is 0.131. The van der Waals surface area contributed by atoms with Crippen LogP contribution in [0.15, 0.2) is 30.5 Å². The van der Waals surface area contributed by atoms with Crippen molar-refractivity contribution in [2.45, 2.75) is 0 Å². The van der Waals surface area contributed by atoms with Crippen LogP contribution in [0.25, 0.3) is 10.9 Å². The van der Waals surface area contributed by atoms with E-state index in [9.17, 15) is 0 Å². The molecule has 19 heavy (non-hydrogen) atoms. The molecule has 1 aromatic heterocycles. The smallest absolute Gasteiger partial charge is 0.0623 e. The van der Waals surface area contributed by atoms with Crippen molar-refractivity contribution in [1.29, 1.82) is 0 Å². The third-order valence-electron chi connectivity index (χ3n) is 4.11. The molecule has 1 aromatic carbocycles. The highest BCUT2D eigenvalue weighted by Crippen LogP contribution is 2.32. The molecule has 4 nitrogen and oxygen atoms in total. The Kier molecular flexibility index (Phi) is 2.99. The van der Waals surface area contributed by atoms with Gasteiger partial charge in [0.15, 0.2) is 0 Å². The van der Waals surface area contributed by atoms with E-state index >= 15 is 0 Å². The maximum Gasteiger partial charge on any atom is 0.0623 e. The van der Waals surface area contributed by atoms with Gasteiger partial charge in [-0.2, -0.15) is 0 Å². The van der Waals surface area contributed by atoms with E-state index in [1.807, 2.05) is 0 Å². The summed E-state index contributed by atoms with van der Waals surface area (Å²) in [6.07, 6.45) is 2.19. The van der Waals surface area contributed by atoms with Gasteiger partial charge in [-0.1, -0.05) is 18.2 Å². The lowest BCUT2D eigenvalue weighted by atomic mass is 9.85. The second-order valence-corrected chi connectivity index (χ2v) is 5.70. The zero-order valence-electron chi connectivity index (χ0n) is 11.6. The van der Waals surface area contributed by atoms with Crippen molar-refractivity contribution in [3.05, 3.63) is 30.5 Å². The molecule has 1 saturated heterocycles. The average molecular weight is 259 g/mol. The van der Waals surface area contributed by atoms with E-state index in [4.69, 9.17) is 10.5 Å². The molecular weight excluding hydrogens is 238 g/mol. The van der Waals surface area contributed by atoms with Gasteiger partial charge in [-0.3, -0.25) is 0 Å². The Morgan fingerprint density at radius 3 is 2.74 bits per heavy atom. The number of aromatic nitrogens is 1. The molecule has 3 rings (SSSR count). The SMILES string of the molecule is CN(CC1(CN)COC1)c1cn(C)c2ccccc12. The van der Waals surface area contributed by atoms with Gasteiger partial charge >= 0.3 is 0 Å². The second-order valence-electron chi connectivity index (χ2n) is 5.70. The van der Waals surface area contributed by atoms with Crippen molar-refractivity contribution >= 4 is 16.6 Å². The summed E-state index contributed by atoms with van der Waals surface area (Å²) >= 11 is 0. The Morgan fingerprint density at radius 2 is 2.11 bits per heavy atom. The molecule has 0 amide bonds. The second kappa shape index (κ2) is 4.54. The molecule has 2 aromatic rings. The van der Waals surface area contributed by atoms with Crippen molar-refractivity contribution in [2.75, 3.05) is 38.3 Å². The maximum atomic E-state index is 5.90. The zero-order valence-corrected chi connectivity index (χ0v) is 11.6. The van der Waals surface area contributed by atoms with Crippen LogP contribution in [0.1, 0.15) is 0 Å². The number of hydrogen-bond acceptors (Lipinski definition) is 3. The predicted molar refractivity (Wildman–Crippen MR) is 78.5 cm³/mol. The highest BCUT2D eigenvalue weighted by Gasteiger charge is 2.38. The van der Waals surface area contributed by atoms with Gasteiger partial charge in [0.05, 0.1) is 18.9 Å². The van der Waals surface area contributed by atoms with E-state index in [2.05, 4.69) is 54.0 Å². The van der Waals surface area contributed by atoms with Crippen molar-refractivity contribution in [3.8, 4) is 0 Å². The molecule has 0 radical (unpaired) electrons. The lowest BCUT2D eigenvalue weighted by molar-refractivity contribution is -0.101. The molecule has 0 saturated carbocycles. The van der Waals surface area contributed by atoms with Gasteiger partial charge in [-0.05, 0) is 6.07 Å². The molecule has 0 bridgehead atoms. The van der Waals surface area contributed by atoms with Crippen LogP contribution in [0.2, 0.25) is 0 Å². The molecule has 0 atom stereocenters. The Morgan fingerprint density at radius 1 is 1.37 bits per heavy atom. The number of aryl methyl sites for hydroxylation is 1. The van der Waals surface area contributed by atoms with Gasteiger partial charge in [-0.15, -0.1) is 0 Å². The lowest BCUT2D eigenvalue weighted by Crippen LogP contribution is -2.54. The van der Waals surface area contributed by atoms with Crippen molar-refractivity contribution in [1.82, 2.24) is 4.57 Å². The van der Waals surface area contributed by atoms with E-state index < -0.39 is 0 Å². The van der Waals surface area contributed by atoms with Gasteiger partial charge in [0.1, 0.15) is 0 Å². The van der Waals surface area contributed by atoms with Crippen LogP contribution >= 0.6 is 0 Å². The zero-order chi connectivity index (χ0) is 13.5. The van der Waals surface area contributed by atoms with Crippen LogP contribution in [-0.4, -0.2) is 37.9 Å². The summed E-state index contributed by atoms with van der Waals surface area (Å²) in [6, 6.07) is 8.49. The van der Waals surface area contributed by atoms with Crippen LogP contribution in [0.4, 0.5) is 5.69 Å². The number of para-hydroxylation sites is 1. The summed E-state index contributed by atoms with van der Waals surface area (Å²) in [5.41, 5.74) is 8.55. The summed E-state index contributed by atoms with van der Waals surface area (Å²) < 4.78 is 7.52. The lowest BCUT2D eigenvalue weighted by Gasteiger charge is -2.43. The fourth-order valence-corrected chi connectivity index (χ4v) is 2.88. The highest BCUT2D eigenvalue weighted by atomic mass is 16.5. The Hall–Kier alpha value is -1.52. The number of nitrogens with zero attached hydrogens (tertiary/aromatic N) is 2. The summed E-state index contributed by atoms with van der Waals surface area (Å²) in [5.74, 6) is 0. The van der Waals surface area contributed by atoms with Crippen LogP contribution in [0, 0.1) is 5.41 Å². The number of fused-ring (bicyclic) bond motifs is 1. The third-order valence-corrected chi connectivity index (χ3v) is 4.11. The maximum absolute atomic E-state index is 5.90. The quantitative estimate of drug-likeness (QED) is 0.907. The van der Waals surface area contributed by atoms with Crippen LogP contribution in [0.3, 0.4) is 0 Å². The summed E-state index contributed by atoms with van der Waals surface area (Å²) in [5, 5.41) is 1.29. The standard InChI is InChI=1S/C15H21N3O/c1-17-7-14(12-5-3-4-6-13(12)17)18(2)9-15(8-16)10-19-11-15/h3-7H,8-11,16H2,1-2H3. The van der Waals surface area contributed by atoms with Gasteiger partial charge in [0.2, 0.25) is 0 Å². The van der Waals surface area contributed by atoms with Crippen molar-refractivity contribution < 1.29 is 4.74 Å². The number of nitrogens with two attached hydrogens (primary N) is 1. The van der Waals surface area contributed by atoms with E-state index in [0.717, 1.165) is 19.8 Å². The number of benzene rings is 1. The first-order valence-corrected chi connectivity index (χ1v) is 6.68. The summed E-state index contributed by atoms with van der Waals surface area (Å²) in [6.45, 7) is 3.18. The fourth-order valence-electron chi connectivity index (χ4n) is 2.88. The normalized spacial score (nSPS) is 17.4. The molecule has 102 valence electrons. The Labute approximate surface area is 113 Å². The van der Waals surface area contributed by atoms with Gasteiger partial charge < -0.3 is 19.9 Å². The molecule has 4 heteroatoms.